The molecule has 0 saturated carbocycles. The number of carbonyl (C=O) groups excluding carboxylic acids is 1. The normalized spacial score (nSPS) is 18.0. The van der Waals surface area contributed by atoms with E-state index in [0.717, 1.165) is 11.0 Å². The van der Waals surface area contributed by atoms with E-state index in [1.54, 1.807) is 19.1 Å². The third kappa shape index (κ3) is 5.36. The van der Waals surface area contributed by atoms with Crippen LogP contribution in [-0.4, -0.2) is 52.2 Å². The zero-order valence-corrected chi connectivity index (χ0v) is 18.7. The number of hydrogen-bond acceptors (Lipinski definition) is 6. The number of carboxylic acid groups (broad SMARTS) is 1. The molecule has 8 nitrogen and oxygen atoms in total. The van der Waals surface area contributed by atoms with Crippen molar-refractivity contribution in [3.63, 3.8) is 0 Å². The molecule has 0 bridgehead atoms. The molecule has 0 spiro atoms. The predicted octanol–water partition coefficient (Wildman–Crippen LogP) is 2.94. The van der Waals surface area contributed by atoms with Crippen molar-refractivity contribution in [1.82, 2.24) is 9.88 Å². The van der Waals surface area contributed by atoms with E-state index >= 15 is 0 Å². The molecule has 0 fully saturated rings. The standard InChI is InChI=1S/C13H14BrF3N4O.C7H7NO2/c1-6(22)21-4-10(19)20-13(5-21,12(16)17)8-2-7(18)3-9(14)11(8)15;1-5-3-2-4-8-6(5)7(9)10/h2-3,12H,4-5,18H2,1H3,(H2,19,20);2-4H,1H3,(H,9,10). The van der Waals surface area contributed by atoms with Gasteiger partial charge in [-0.1, -0.05) is 6.07 Å². The van der Waals surface area contributed by atoms with Gasteiger partial charge in [-0.05, 0) is 46.6 Å². The van der Waals surface area contributed by atoms with Crippen LogP contribution < -0.4 is 11.5 Å². The molecular formula is C20H21BrF3N5O3. The number of aromatic carboxylic acids is 1. The first-order chi connectivity index (χ1) is 14.9. The van der Waals surface area contributed by atoms with E-state index in [4.69, 9.17) is 16.6 Å². The van der Waals surface area contributed by atoms with E-state index in [1.165, 1.54) is 19.2 Å². The van der Waals surface area contributed by atoms with Crippen molar-refractivity contribution in [3.05, 3.63) is 57.6 Å². The van der Waals surface area contributed by atoms with Crippen molar-refractivity contribution < 1.29 is 27.9 Å². The largest absolute Gasteiger partial charge is 0.477 e. The molecule has 0 saturated heterocycles. The Hall–Kier alpha value is -3.15. The second-order valence-electron chi connectivity index (χ2n) is 7.04. The molecule has 12 heteroatoms. The van der Waals surface area contributed by atoms with Crippen LogP contribution in [0.1, 0.15) is 28.5 Å². The Kier molecular flexibility index (Phi) is 7.83. The molecule has 2 aromatic rings. The lowest BCUT2D eigenvalue weighted by atomic mass is 9.88. The van der Waals surface area contributed by atoms with E-state index in [-0.39, 0.29) is 28.2 Å². The van der Waals surface area contributed by atoms with Gasteiger partial charge < -0.3 is 21.5 Å². The highest BCUT2D eigenvalue weighted by atomic mass is 79.9. The molecular weight excluding hydrogens is 495 g/mol. The van der Waals surface area contributed by atoms with E-state index < -0.39 is 41.8 Å². The fourth-order valence-corrected chi connectivity index (χ4v) is 3.59. The minimum atomic E-state index is -3.07. The number of alkyl halides is 2. The number of aliphatic imine (C=N–C) groups is 1. The lowest BCUT2D eigenvalue weighted by molar-refractivity contribution is -0.130. The molecule has 0 radical (unpaired) electrons. The average Bonchev–Trinajstić information content (AvgIpc) is 2.70. The fourth-order valence-electron chi connectivity index (χ4n) is 3.11. The number of amides is 1. The van der Waals surface area contributed by atoms with Crippen LogP contribution in [0, 0.1) is 12.7 Å². The first kappa shape index (κ1) is 25.1. The number of anilines is 1. The number of benzene rings is 1. The van der Waals surface area contributed by atoms with Gasteiger partial charge in [-0.3, -0.25) is 9.79 Å². The number of amidine groups is 1. The summed E-state index contributed by atoms with van der Waals surface area (Å²) in [5, 5.41) is 8.50. The van der Waals surface area contributed by atoms with Crippen LogP contribution in [0.25, 0.3) is 0 Å². The summed E-state index contributed by atoms with van der Waals surface area (Å²) in [6.07, 6.45) is -1.60. The first-order valence-corrected chi connectivity index (χ1v) is 9.96. The highest BCUT2D eigenvalue weighted by Crippen LogP contribution is 2.40. The SMILES string of the molecule is CC(=O)N1CC(N)=NC(c2cc(N)cc(Br)c2F)(C(F)F)C1.Cc1cccnc1C(=O)O. The van der Waals surface area contributed by atoms with Gasteiger partial charge in [0.2, 0.25) is 5.91 Å². The van der Waals surface area contributed by atoms with E-state index in [9.17, 15) is 22.8 Å². The Morgan fingerprint density at radius 3 is 2.47 bits per heavy atom. The molecule has 1 unspecified atom stereocenters. The first-order valence-electron chi connectivity index (χ1n) is 9.16. The monoisotopic (exact) mass is 515 g/mol. The summed E-state index contributed by atoms with van der Waals surface area (Å²) >= 11 is 2.94. The number of nitrogen functional groups attached to an aromatic ring is 1. The average molecular weight is 516 g/mol. The van der Waals surface area contributed by atoms with E-state index in [0.29, 0.717) is 5.56 Å². The van der Waals surface area contributed by atoms with Crippen LogP contribution in [0.5, 0.6) is 0 Å². The zero-order valence-electron chi connectivity index (χ0n) is 17.2. The van der Waals surface area contributed by atoms with Crippen molar-refractivity contribution in [2.75, 3.05) is 18.8 Å². The van der Waals surface area contributed by atoms with Crippen LogP contribution in [-0.2, 0) is 10.3 Å². The number of nitrogens with two attached hydrogens (primary N) is 2. The maximum atomic E-state index is 14.4. The Morgan fingerprint density at radius 1 is 1.31 bits per heavy atom. The van der Waals surface area contributed by atoms with Gasteiger partial charge in [-0.25, -0.2) is 22.9 Å². The summed E-state index contributed by atoms with van der Waals surface area (Å²) in [4.78, 5) is 30.5. The van der Waals surface area contributed by atoms with Crippen molar-refractivity contribution in [1.29, 1.82) is 0 Å². The second-order valence-corrected chi connectivity index (χ2v) is 7.90. The summed E-state index contributed by atoms with van der Waals surface area (Å²) in [5.74, 6) is -2.50. The Labute approximate surface area is 190 Å². The molecule has 1 amide bonds. The minimum absolute atomic E-state index is 0.0590. The number of aryl methyl sites for hydroxylation is 1. The predicted molar refractivity (Wildman–Crippen MR) is 116 cm³/mol. The third-order valence-electron chi connectivity index (χ3n) is 4.66. The highest BCUT2D eigenvalue weighted by molar-refractivity contribution is 9.10. The van der Waals surface area contributed by atoms with Crippen LogP contribution in [0.4, 0.5) is 18.9 Å². The maximum absolute atomic E-state index is 14.4. The minimum Gasteiger partial charge on any atom is -0.477 e. The zero-order chi connectivity index (χ0) is 24.2. The molecule has 32 heavy (non-hydrogen) atoms. The number of pyridine rings is 1. The molecule has 1 atom stereocenters. The van der Waals surface area contributed by atoms with Gasteiger partial charge in [0.1, 0.15) is 11.7 Å². The Morgan fingerprint density at radius 2 is 1.97 bits per heavy atom. The summed E-state index contributed by atoms with van der Waals surface area (Å²) in [6.45, 7) is 2.39. The Bertz CT molecular complexity index is 1070. The number of nitrogens with zero attached hydrogens (tertiary/aromatic N) is 3. The van der Waals surface area contributed by atoms with Crippen molar-refractivity contribution in [2.45, 2.75) is 25.8 Å². The molecule has 2 heterocycles. The van der Waals surface area contributed by atoms with E-state index in [2.05, 4.69) is 25.9 Å². The van der Waals surface area contributed by atoms with Gasteiger partial charge in [-0.2, -0.15) is 0 Å². The number of rotatable bonds is 3. The van der Waals surface area contributed by atoms with Gasteiger partial charge in [0.25, 0.3) is 6.43 Å². The summed E-state index contributed by atoms with van der Waals surface area (Å²) in [5.41, 5.74) is 9.45. The van der Waals surface area contributed by atoms with Crippen molar-refractivity contribution in [2.24, 2.45) is 10.7 Å². The summed E-state index contributed by atoms with van der Waals surface area (Å²) in [6, 6.07) is 5.78. The third-order valence-corrected chi connectivity index (χ3v) is 5.24. The highest BCUT2D eigenvalue weighted by Gasteiger charge is 2.48. The maximum Gasteiger partial charge on any atom is 0.354 e. The van der Waals surface area contributed by atoms with Crippen LogP contribution in [0.3, 0.4) is 0 Å². The smallest absolute Gasteiger partial charge is 0.354 e. The topological polar surface area (TPSA) is 135 Å². The molecule has 172 valence electrons. The Balaban J connectivity index is 0.000000303. The molecule has 3 rings (SSSR count). The fraction of sp³-hybridized carbons (Fsp3) is 0.300. The molecule has 1 aromatic carbocycles. The summed E-state index contributed by atoms with van der Waals surface area (Å²) < 4.78 is 41.9. The van der Waals surface area contributed by atoms with Gasteiger partial charge in [-0.15, -0.1) is 0 Å². The lowest BCUT2D eigenvalue weighted by Gasteiger charge is -2.39. The van der Waals surface area contributed by atoms with Crippen LogP contribution in [0.15, 0.2) is 39.9 Å². The molecule has 1 aliphatic heterocycles. The molecule has 5 N–H and O–H groups in total. The van der Waals surface area contributed by atoms with Gasteiger partial charge in [0.05, 0.1) is 17.6 Å². The number of aromatic nitrogens is 1. The van der Waals surface area contributed by atoms with E-state index in [1.807, 2.05) is 0 Å². The number of hydrogen-bond donors (Lipinski definition) is 3. The van der Waals surface area contributed by atoms with Crippen molar-refractivity contribution in [3.8, 4) is 0 Å². The summed E-state index contributed by atoms with van der Waals surface area (Å²) in [7, 11) is 0. The van der Waals surface area contributed by atoms with Crippen LogP contribution >= 0.6 is 15.9 Å². The quantitative estimate of drug-likeness (QED) is 0.537. The number of halogens is 4. The molecule has 1 aromatic heterocycles. The van der Waals surface area contributed by atoms with Gasteiger partial charge in [0.15, 0.2) is 11.2 Å². The van der Waals surface area contributed by atoms with Crippen LogP contribution in [0.2, 0.25) is 0 Å². The number of carboxylic acids is 1. The number of carbonyl (C=O) groups is 2. The van der Waals surface area contributed by atoms with Gasteiger partial charge >= 0.3 is 5.97 Å². The van der Waals surface area contributed by atoms with Gasteiger partial charge in [0, 0.05) is 24.4 Å². The second kappa shape index (κ2) is 9.98. The lowest BCUT2D eigenvalue weighted by Crippen LogP contribution is -2.54. The van der Waals surface area contributed by atoms with Crippen molar-refractivity contribution >= 4 is 39.3 Å². The molecule has 1 aliphatic rings. The molecule has 0 aliphatic carbocycles.